The van der Waals surface area contributed by atoms with Gasteiger partial charge in [-0.05, 0) is 59.4 Å². The Morgan fingerprint density at radius 2 is 1.72 bits per heavy atom. The normalized spacial score (nSPS) is 15.8. The van der Waals surface area contributed by atoms with Crippen molar-refractivity contribution in [1.82, 2.24) is 9.80 Å². The van der Waals surface area contributed by atoms with E-state index in [2.05, 4.69) is 39.5 Å². The molecule has 0 spiro atoms. The van der Waals surface area contributed by atoms with E-state index < -0.39 is 0 Å². The maximum Gasteiger partial charge on any atom is 0.237 e. The van der Waals surface area contributed by atoms with Crippen molar-refractivity contribution in [3.05, 3.63) is 0 Å². The molecule has 0 aromatic carbocycles. The number of carbonyl (C=O) groups is 1. The van der Waals surface area contributed by atoms with Gasteiger partial charge in [-0.15, -0.1) is 0 Å². The van der Waals surface area contributed by atoms with E-state index in [1.165, 1.54) is 12.8 Å². The van der Waals surface area contributed by atoms with E-state index in [9.17, 15) is 4.79 Å². The Kier molecular flexibility index (Phi) is 6.13. The van der Waals surface area contributed by atoms with Crippen molar-refractivity contribution in [2.24, 2.45) is 5.92 Å². The first-order valence-electron chi connectivity index (χ1n) is 7.49. The van der Waals surface area contributed by atoms with Crippen LogP contribution in [0, 0.1) is 5.92 Å². The summed E-state index contributed by atoms with van der Waals surface area (Å²) in [4.78, 5) is 16.8. The number of hydrogen-bond donors (Lipinski definition) is 0. The number of carbonyl (C=O) groups excluding carboxylic acids is 1. The van der Waals surface area contributed by atoms with E-state index in [0.29, 0.717) is 18.6 Å². The Morgan fingerprint density at radius 1 is 1.17 bits per heavy atom. The lowest BCUT2D eigenvalue weighted by Gasteiger charge is -2.33. The number of amides is 1. The van der Waals surface area contributed by atoms with E-state index in [1.807, 2.05) is 4.90 Å². The Hall–Kier alpha value is -0.570. The summed E-state index contributed by atoms with van der Waals surface area (Å²) in [6.07, 6.45) is 3.84. The summed E-state index contributed by atoms with van der Waals surface area (Å²) in [6, 6.07) is 0.587. The van der Waals surface area contributed by atoms with Crippen LogP contribution in [0.4, 0.5) is 0 Å². The van der Waals surface area contributed by atoms with Crippen molar-refractivity contribution >= 4 is 5.91 Å². The molecule has 0 heterocycles. The molecule has 1 saturated carbocycles. The summed E-state index contributed by atoms with van der Waals surface area (Å²) in [5.74, 6) is 1.14. The summed E-state index contributed by atoms with van der Waals surface area (Å²) in [5, 5.41) is 0. The number of nitrogens with zero attached hydrogens (tertiary/aromatic N) is 2. The fourth-order valence-electron chi connectivity index (χ4n) is 2.66. The third-order valence-electron chi connectivity index (χ3n) is 3.51. The maximum absolute atomic E-state index is 12.4. The first-order chi connectivity index (χ1) is 8.45. The van der Waals surface area contributed by atoms with Crippen molar-refractivity contribution < 1.29 is 4.79 Å². The van der Waals surface area contributed by atoms with Crippen molar-refractivity contribution in [1.29, 1.82) is 0 Å². The Morgan fingerprint density at radius 3 is 2.11 bits per heavy atom. The van der Waals surface area contributed by atoms with Gasteiger partial charge in [-0.1, -0.05) is 6.92 Å². The van der Waals surface area contributed by atoms with Crippen LogP contribution in [-0.2, 0) is 4.79 Å². The van der Waals surface area contributed by atoms with E-state index in [4.69, 9.17) is 0 Å². The van der Waals surface area contributed by atoms with Crippen molar-refractivity contribution in [3.63, 3.8) is 0 Å². The molecule has 1 fully saturated rings. The minimum atomic E-state index is 0.286. The predicted octanol–water partition coefficient (Wildman–Crippen LogP) is 2.75. The van der Waals surface area contributed by atoms with Crippen LogP contribution in [0.15, 0.2) is 0 Å². The summed E-state index contributed by atoms with van der Waals surface area (Å²) < 4.78 is 0. The second-order valence-corrected chi connectivity index (χ2v) is 6.17. The summed E-state index contributed by atoms with van der Waals surface area (Å²) in [5.41, 5.74) is 0. The fourth-order valence-corrected chi connectivity index (χ4v) is 2.66. The quantitative estimate of drug-likeness (QED) is 0.665. The zero-order valence-electron chi connectivity index (χ0n) is 12.8. The molecule has 0 saturated heterocycles. The van der Waals surface area contributed by atoms with Gasteiger partial charge in [-0.2, -0.15) is 0 Å². The van der Waals surface area contributed by atoms with E-state index in [1.54, 1.807) is 0 Å². The van der Waals surface area contributed by atoms with Crippen LogP contribution >= 0.6 is 0 Å². The van der Waals surface area contributed by atoms with Gasteiger partial charge in [0, 0.05) is 18.6 Å². The van der Waals surface area contributed by atoms with E-state index >= 15 is 0 Å². The van der Waals surface area contributed by atoms with Crippen molar-refractivity contribution in [2.45, 2.75) is 66.0 Å². The molecule has 0 aromatic heterocycles. The van der Waals surface area contributed by atoms with Crippen LogP contribution in [-0.4, -0.2) is 47.4 Å². The predicted molar refractivity (Wildman–Crippen MR) is 76.6 cm³/mol. The minimum absolute atomic E-state index is 0.286. The largest absolute Gasteiger partial charge is 0.337 e. The molecule has 0 unspecified atom stereocenters. The van der Waals surface area contributed by atoms with Crippen LogP contribution < -0.4 is 0 Å². The molecule has 18 heavy (non-hydrogen) atoms. The maximum atomic E-state index is 12.4. The molecule has 3 nitrogen and oxygen atoms in total. The Bertz CT molecular complexity index is 251. The highest BCUT2D eigenvalue weighted by molar-refractivity contribution is 5.78. The van der Waals surface area contributed by atoms with Crippen LogP contribution in [0.2, 0.25) is 0 Å². The molecule has 0 atom stereocenters. The molecule has 106 valence electrons. The monoisotopic (exact) mass is 254 g/mol. The lowest BCUT2D eigenvalue weighted by Crippen LogP contribution is -2.47. The minimum Gasteiger partial charge on any atom is -0.337 e. The van der Waals surface area contributed by atoms with Gasteiger partial charge in [0.1, 0.15) is 0 Å². The molecular weight excluding hydrogens is 224 g/mol. The lowest BCUT2D eigenvalue weighted by atomic mass is 10.2. The fraction of sp³-hybridized carbons (Fsp3) is 0.933. The molecule has 1 aliphatic rings. The van der Waals surface area contributed by atoms with E-state index in [-0.39, 0.29) is 5.91 Å². The van der Waals surface area contributed by atoms with Crippen LogP contribution in [0.3, 0.4) is 0 Å². The van der Waals surface area contributed by atoms with Gasteiger partial charge in [0.05, 0.1) is 6.54 Å². The molecule has 1 amide bonds. The molecule has 3 heteroatoms. The summed E-state index contributed by atoms with van der Waals surface area (Å²) in [7, 11) is 0. The molecule has 0 radical (unpaired) electrons. The van der Waals surface area contributed by atoms with Gasteiger partial charge < -0.3 is 4.90 Å². The molecule has 1 rings (SSSR count). The summed E-state index contributed by atoms with van der Waals surface area (Å²) >= 11 is 0. The van der Waals surface area contributed by atoms with Crippen LogP contribution in [0.25, 0.3) is 0 Å². The topological polar surface area (TPSA) is 23.6 Å². The molecule has 1 aliphatic carbocycles. The lowest BCUT2D eigenvalue weighted by molar-refractivity contribution is -0.136. The van der Waals surface area contributed by atoms with Gasteiger partial charge in [-0.3, -0.25) is 9.69 Å². The molecule has 0 aromatic rings. The van der Waals surface area contributed by atoms with Gasteiger partial charge >= 0.3 is 0 Å². The highest BCUT2D eigenvalue weighted by atomic mass is 16.2. The third kappa shape index (κ3) is 4.97. The van der Waals surface area contributed by atoms with Crippen molar-refractivity contribution in [3.8, 4) is 0 Å². The zero-order valence-corrected chi connectivity index (χ0v) is 12.8. The highest BCUT2D eigenvalue weighted by Gasteiger charge is 2.27. The van der Waals surface area contributed by atoms with Gasteiger partial charge in [0.15, 0.2) is 0 Å². The molecule has 0 N–H and O–H groups in total. The second-order valence-electron chi connectivity index (χ2n) is 6.17. The first-order valence-corrected chi connectivity index (χ1v) is 7.49. The van der Waals surface area contributed by atoms with E-state index in [0.717, 1.165) is 25.4 Å². The van der Waals surface area contributed by atoms with Crippen LogP contribution in [0.1, 0.15) is 53.9 Å². The van der Waals surface area contributed by atoms with Gasteiger partial charge in [-0.25, -0.2) is 0 Å². The average molecular weight is 254 g/mol. The standard InChI is InChI=1S/C15H30N2O/c1-6-9-16(10-14-7-8-14)11-15(18)17(12(2)3)13(4)5/h12-14H,6-11H2,1-5H3. The summed E-state index contributed by atoms with van der Waals surface area (Å²) in [6.45, 7) is 13.3. The highest BCUT2D eigenvalue weighted by Crippen LogP contribution is 2.29. The van der Waals surface area contributed by atoms with Crippen LogP contribution in [0.5, 0.6) is 0 Å². The van der Waals surface area contributed by atoms with Gasteiger partial charge in [0.25, 0.3) is 0 Å². The van der Waals surface area contributed by atoms with Gasteiger partial charge in [0.2, 0.25) is 5.91 Å². The average Bonchev–Trinajstić information content (AvgIpc) is 3.00. The molecule has 0 bridgehead atoms. The second kappa shape index (κ2) is 7.13. The molecular formula is C15H30N2O. The van der Waals surface area contributed by atoms with Crippen molar-refractivity contribution in [2.75, 3.05) is 19.6 Å². The third-order valence-corrected chi connectivity index (χ3v) is 3.51. The Labute approximate surface area is 113 Å². The zero-order chi connectivity index (χ0) is 13.7. The molecule has 0 aliphatic heterocycles. The first kappa shape index (κ1) is 15.5. The smallest absolute Gasteiger partial charge is 0.237 e. The SMILES string of the molecule is CCCN(CC(=O)N(C(C)C)C(C)C)CC1CC1. The number of rotatable bonds is 8. The number of hydrogen-bond acceptors (Lipinski definition) is 2. The Balaban J connectivity index is 2.51.